The van der Waals surface area contributed by atoms with Crippen molar-refractivity contribution in [3.05, 3.63) is 60.2 Å². The molecule has 1 aliphatic carbocycles. The number of amides is 1. The number of halogens is 1. The van der Waals surface area contributed by atoms with E-state index in [9.17, 15) is 24.9 Å². The van der Waals surface area contributed by atoms with Gasteiger partial charge in [-0.2, -0.15) is 0 Å². The van der Waals surface area contributed by atoms with E-state index in [0.29, 0.717) is 57.4 Å². The SMILES string of the molecule is CCNC(=O)CCCC=CC[C@H]1C(O)CC(CCCCCl)(OC(=O)O)[C@@H]1C=C[C@@H](O)CCc1ccccc1. The molecule has 1 saturated carbocycles. The third-order valence-corrected chi connectivity index (χ3v) is 7.49. The van der Waals surface area contributed by atoms with E-state index < -0.39 is 29.9 Å². The predicted molar refractivity (Wildman–Crippen MR) is 150 cm³/mol. The maximum absolute atomic E-state index is 11.7. The standard InChI is InChI=1S/C30H44ClNO6/c1-2-32-28(35)15-9-4-3-8-14-25-26(19-18-24(33)17-16-23-12-6-5-7-13-23)30(22-27(25)34,38-29(36)37)20-10-11-21-31/h3,5-8,12-13,18-19,24-27,33-34H,2,4,9-11,14-17,20-22H2,1H3,(H,32,35)(H,36,37)/t24-,25+,26+,27?,30?/m0/s1. The molecule has 8 heteroatoms. The zero-order valence-electron chi connectivity index (χ0n) is 22.4. The number of carbonyl (C=O) groups excluding carboxylic acids is 1. The average Bonchev–Trinajstić information content (AvgIpc) is 3.13. The Kier molecular flexibility index (Phi) is 14.5. The van der Waals surface area contributed by atoms with E-state index in [2.05, 4.69) is 5.32 Å². The summed E-state index contributed by atoms with van der Waals surface area (Å²) >= 11 is 5.88. The number of carbonyl (C=O) groups is 2. The van der Waals surface area contributed by atoms with Gasteiger partial charge in [-0.05, 0) is 69.8 Å². The Morgan fingerprint density at radius 2 is 1.97 bits per heavy atom. The van der Waals surface area contributed by atoms with Gasteiger partial charge < -0.3 is 25.4 Å². The van der Waals surface area contributed by atoms with Gasteiger partial charge in [0.15, 0.2) is 0 Å². The first-order valence-electron chi connectivity index (χ1n) is 13.8. The number of aliphatic hydroxyl groups is 2. The fraction of sp³-hybridized carbons (Fsp3) is 0.600. The van der Waals surface area contributed by atoms with E-state index in [1.165, 1.54) is 0 Å². The lowest BCUT2D eigenvalue weighted by atomic mass is 9.80. The van der Waals surface area contributed by atoms with Crippen molar-refractivity contribution in [2.45, 2.75) is 88.9 Å². The molecule has 2 rings (SSSR count). The molecule has 1 aliphatic rings. The van der Waals surface area contributed by atoms with Crippen molar-refractivity contribution < 1.29 is 29.6 Å². The van der Waals surface area contributed by atoms with Gasteiger partial charge in [-0.3, -0.25) is 4.79 Å². The van der Waals surface area contributed by atoms with Crippen LogP contribution in [0.15, 0.2) is 54.6 Å². The molecule has 0 aliphatic heterocycles. The number of allylic oxidation sites excluding steroid dienone is 2. The minimum Gasteiger partial charge on any atom is -0.450 e. The third kappa shape index (κ3) is 10.8. The van der Waals surface area contributed by atoms with Gasteiger partial charge in [0.05, 0.1) is 12.2 Å². The summed E-state index contributed by atoms with van der Waals surface area (Å²) in [6.45, 7) is 2.51. The first-order valence-corrected chi connectivity index (χ1v) is 14.3. The first-order chi connectivity index (χ1) is 18.3. The van der Waals surface area contributed by atoms with Gasteiger partial charge in [0.1, 0.15) is 5.60 Å². The molecule has 2 unspecified atom stereocenters. The van der Waals surface area contributed by atoms with Crippen LogP contribution >= 0.6 is 11.6 Å². The van der Waals surface area contributed by atoms with Crippen LogP contribution < -0.4 is 5.32 Å². The van der Waals surface area contributed by atoms with Crippen LogP contribution in [0.3, 0.4) is 0 Å². The Labute approximate surface area is 231 Å². The number of hydrogen-bond donors (Lipinski definition) is 4. The lowest BCUT2D eigenvalue weighted by molar-refractivity contribution is -0.121. The van der Waals surface area contributed by atoms with Gasteiger partial charge in [0, 0.05) is 31.2 Å². The van der Waals surface area contributed by atoms with E-state index in [1.807, 2.05) is 55.5 Å². The van der Waals surface area contributed by atoms with Crippen molar-refractivity contribution in [2.75, 3.05) is 12.4 Å². The fourth-order valence-electron chi connectivity index (χ4n) is 5.36. The van der Waals surface area contributed by atoms with Gasteiger partial charge in [0.2, 0.25) is 5.91 Å². The number of aryl methyl sites for hydroxylation is 1. The van der Waals surface area contributed by atoms with Crippen LogP contribution in [-0.2, 0) is 16.0 Å². The van der Waals surface area contributed by atoms with E-state index in [1.54, 1.807) is 6.08 Å². The van der Waals surface area contributed by atoms with Crippen LogP contribution in [0.5, 0.6) is 0 Å². The van der Waals surface area contributed by atoms with Gasteiger partial charge in [-0.25, -0.2) is 4.79 Å². The summed E-state index contributed by atoms with van der Waals surface area (Å²) in [4.78, 5) is 23.4. The second kappa shape index (κ2) is 17.3. The molecule has 5 atom stereocenters. The van der Waals surface area contributed by atoms with Crippen molar-refractivity contribution in [1.82, 2.24) is 5.32 Å². The lowest BCUT2D eigenvalue weighted by Crippen LogP contribution is -2.39. The Morgan fingerprint density at radius 1 is 1.21 bits per heavy atom. The molecular formula is C30H44ClNO6. The van der Waals surface area contributed by atoms with E-state index in [4.69, 9.17) is 16.3 Å². The summed E-state index contributed by atoms with van der Waals surface area (Å²) in [6, 6.07) is 9.92. The number of hydrogen-bond acceptors (Lipinski definition) is 5. The molecule has 1 aromatic rings. The highest BCUT2D eigenvalue weighted by Crippen LogP contribution is 2.48. The minimum atomic E-state index is -1.37. The summed E-state index contributed by atoms with van der Waals surface area (Å²) in [5.41, 5.74) is 0.0556. The second-order valence-electron chi connectivity index (χ2n) is 10.1. The van der Waals surface area contributed by atoms with Crippen molar-refractivity contribution in [3.63, 3.8) is 0 Å². The smallest absolute Gasteiger partial charge is 0.450 e. The van der Waals surface area contributed by atoms with Crippen LogP contribution in [0.4, 0.5) is 4.79 Å². The van der Waals surface area contributed by atoms with Crippen LogP contribution in [0.25, 0.3) is 0 Å². The Morgan fingerprint density at radius 3 is 2.66 bits per heavy atom. The number of benzene rings is 1. The molecule has 0 spiro atoms. The molecule has 7 nitrogen and oxygen atoms in total. The lowest BCUT2D eigenvalue weighted by Gasteiger charge is -2.34. The van der Waals surface area contributed by atoms with Crippen molar-refractivity contribution in [1.29, 1.82) is 0 Å². The zero-order chi connectivity index (χ0) is 27.8. The van der Waals surface area contributed by atoms with Crippen LogP contribution in [-0.4, -0.2) is 57.6 Å². The molecule has 4 N–H and O–H groups in total. The summed E-state index contributed by atoms with van der Waals surface area (Å²) in [5.74, 6) is -0.152. The molecule has 1 aromatic carbocycles. The molecular weight excluding hydrogens is 506 g/mol. The van der Waals surface area contributed by atoms with Crippen LogP contribution in [0.1, 0.15) is 70.3 Å². The number of aliphatic hydroxyl groups excluding tert-OH is 2. The average molecular weight is 550 g/mol. The molecule has 1 amide bonds. The number of alkyl halides is 1. The van der Waals surface area contributed by atoms with E-state index >= 15 is 0 Å². The summed E-state index contributed by atoms with van der Waals surface area (Å²) in [7, 11) is 0. The number of rotatable bonds is 17. The Balaban J connectivity index is 2.13. The molecule has 38 heavy (non-hydrogen) atoms. The number of carboxylic acid groups (broad SMARTS) is 1. The van der Waals surface area contributed by atoms with Gasteiger partial charge >= 0.3 is 6.16 Å². The van der Waals surface area contributed by atoms with Gasteiger partial charge in [-0.15, -0.1) is 11.6 Å². The van der Waals surface area contributed by atoms with Crippen LogP contribution in [0.2, 0.25) is 0 Å². The minimum absolute atomic E-state index is 0.0377. The van der Waals surface area contributed by atoms with Crippen molar-refractivity contribution in [2.24, 2.45) is 11.8 Å². The first kappa shape index (κ1) is 31.9. The molecule has 0 bridgehead atoms. The molecule has 0 saturated heterocycles. The van der Waals surface area contributed by atoms with E-state index in [0.717, 1.165) is 18.4 Å². The Hall–Kier alpha value is -2.35. The van der Waals surface area contributed by atoms with Crippen LogP contribution in [0, 0.1) is 11.8 Å². The monoisotopic (exact) mass is 549 g/mol. The highest BCUT2D eigenvalue weighted by molar-refractivity contribution is 6.17. The second-order valence-corrected chi connectivity index (χ2v) is 10.4. The molecule has 0 aromatic heterocycles. The number of ether oxygens (including phenoxy) is 1. The number of unbranched alkanes of at least 4 members (excludes halogenated alkanes) is 2. The maximum Gasteiger partial charge on any atom is 0.506 e. The molecule has 0 radical (unpaired) electrons. The number of nitrogens with one attached hydrogen (secondary N) is 1. The molecule has 1 fully saturated rings. The quantitative estimate of drug-likeness (QED) is 0.0866. The third-order valence-electron chi connectivity index (χ3n) is 7.23. The molecule has 0 heterocycles. The Bertz CT molecular complexity index is 892. The summed E-state index contributed by atoms with van der Waals surface area (Å²) in [6.07, 6.45) is 10.5. The maximum atomic E-state index is 11.7. The normalized spacial score (nSPS) is 24.2. The van der Waals surface area contributed by atoms with Gasteiger partial charge in [0.25, 0.3) is 0 Å². The molecule has 212 valence electrons. The van der Waals surface area contributed by atoms with Gasteiger partial charge in [-0.1, -0.05) is 54.6 Å². The van der Waals surface area contributed by atoms with E-state index in [-0.39, 0.29) is 18.2 Å². The summed E-state index contributed by atoms with van der Waals surface area (Å²) < 4.78 is 5.53. The topological polar surface area (TPSA) is 116 Å². The van der Waals surface area contributed by atoms with Crippen molar-refractivity contribution in [3.8, 4) is 0 Å². The van der Waals surface area contributed by atoms with Crippen molar-refractivity contribution >= 4 is 23.7 Å². The predicted octanol–water partition coefficient (Wildman–Crippen LogP) is 5.63. The zero-order valence-corrected chi connectivity index (χ0v) is 23.2. The highest BCUT2D eigenvalue weighted by atomic mass is 35.5. The largest absolute Gasteiger partial charge is 0.506 e. The summed E-state index contributed by atoms with van der Waals surface area (Å²) in [5, 5.41) is 34.1. The fourth-order valence-corrected chi connectivity index (χ4v) is 5.54. The highest BCUT2D eigenvalue weighted by Gasteiger charge is 2.54.